The summed E-state index contributed by atoms with van der Waals surface area (Å²) in [4.78, 5) is 23.6. The van der Waals surface area contributed by atoms with Crippen molar-refractivity contribution in [3.05, 3.63) is 28.2 Å². The van der Waals surface area contributed by atoms with E-state index in [1.165, 1.54) is 6.92 Å². The second-order valence-corrected chi connectivity index (χ2v) is 5.86. The van der Waals surface area contributed by atoms with Gasteiger partial charge in [-0.05, 0) is 37.5 Å². The number of carbonyl (C=O) groups is 2. The second-order valence-electron chi connectivity index (χ2n) is 5.01. The average molecular weight is 316 g/mol. The molecule has 0 unspecified atom stereocenters. The quantitative estimate of drug-likeness (QED) is 0.865. The number of benzene rings is 1. The van der Waals surface area contributed by atoms with Gasteiger partial charge >= 0.3 is 5.97 Å². The summed E-state index contributed by atoms with van der Waals surface area (Å²) < 4.78 is 5.12. The van der Waals surface area contributed by atoms with Gasteiger partial charge in [-0.15, -0.1) is 0 Å². The lowest BCUT2D eigenvalue weighted by Crippen LogP contribution is -2.30. The number of rotatable bonds is 4. The third kappa shape index (κ3) is 3.64. The lowest BCUT2D eigenvalue weighted by atomic mass is 10.3. The van der Waals surface area contributed by atoms with Crippen molar-refractivity contribution in [2.24, 2.45) is 11.8 Å². The third-order valence-electron chi connectivity index (χ3n) is 3.26. The van der Waals surface area contributed by atoms with Crippen molar-refractivity contribution in [2.75, 3.05) is 5.32 Å². The van der Waals surface area contributed by atoms with Crippen LogP contribution in [0.25, 0.3) is 0 Å². The molecule has 1 aliphatic rings. The predicted molar refractivity (Wildman–Crippen MR) is 77.9 cm³/mol. The molecule has 0 heterocycles. The summed E-state index contributed by atoms with van der Waals surface area (Å²) in [6, 6.07) is 4.75. The monoisotopic (exact) mass is 315 g/mol. The van der Waals surface area contributed by atoms with E-state index in [1.807, 2.05) is 6.92 Å². The zero-order chi connectivity index (χ0) is 14.9. The number of anilines is 1. The van der Waals surface area contributed by atoms with Crippen LogP contribution in [0.1, 0.15) is 20.3 Å². The summed E-state index contributed by atoms with van der Waals surface area (Å²) in [6.45, 7) is 3.50. The van der Waals surface area contributed by atoms with Gasteiger partial charge < -0.3 is 10.1 Å². The van der Waals surface area contributed by atoms with Crippen LogP contribution in [0.3, 0.4) is 0 Å². The first kappa shape index (κ1) is 15.1. The molecular weight excluding hydrogens is 301 g/mol. The highest BCUT2D eigenvalue weighted by molar-refractivity contribution is 6.35. The van der Waals surface area contributed by atoms with E-state index >= 15 is 0 Å². The maximum Gasteiger partial charge on any atom is 0.309 e. The number of ether oxygens (including phenoxy) is 1. The largest absolute Gasteiger partial charge is 0.452 e. The fourth-order valence-electron chi connectivity index (χ4n) is 1.79. The maximum absolute atomic E-state index is 11.9. The normalized spacial score (nSPS) is 22.0. The minimum atomic E-state index is -0.870. The zero-order valence-electron chi connectivity index (χ0n) is 11.2. The molecule has 108 valence electrons. The highest BCUT2D eigenvalue weighted by atomic mass is 35.5. The van der Waals surface area contributed by atoms with E-state index in [9.17, 15) is 9.59 Å². The van der Waals surface area contributed by atoms with E-state index < -0.39 is 12.0 Å². The SMILES string of the molecule is C[C@H](OC(=O)[C@@H]1C[C@H]1C)C(=O)Nc1cc(Cl)ccc1Cl. The van der Waals surface area contributed by atoms with Crippen molar-refractivity contribution in [3.63, 3.8) is 0 Å². The number of hydrogen-bond acceptors (Lipinski definition) is 3. The Kier molecular flexibility index (Phi) is 4.55. The molecule has 0 bridgehead atoms. The van der Waals surface area contributed by atoms with Crippen molar-refractivity contribution in [3.8, 4) is 0 Å². The average Bonchev–Trinajstić information content (AvgIpc) is 3.11. The first-order chi connectivity index (χ1) is 9.38. The smallest absolute Gasteiger partial charge is 0.309 e. The van der Waals surface area contributed by atoms with E-state index in [1.54, 1.807) is 18.2 Å². The second kappa shape index (κ2) is 6.02. The summed E-state index contributed by atoms with van der Waals surface area (Å²) in [5, 5.41) is 3.43. The molecule has 0 spiro atoms. The Hall–Kier alpha value is -1.26. The summed E-state index contributed by atoms with van der Waals surface area (Å²) in [6.07, 6.45) is -0.0434. The van der Waals surface area contributed by atoms with E-state index in [-0.39, 0.29) is 11.9 Å². The Labute approximate surface area is 127 Å². The molecule has 0 aromatic heterocycles. The zero-order valence-corrected chi connectivity index (χ0v) is 12.7. The third-order valence-corrected chi connectivity index (χ3v) is 3.83. The van der Waals surface area contributed by atoms with Crippen LogP contribution < -0.4 is 5.32 Å². The van der Waals surface area contributed by atoms with Gasteiger partial charge in [-0.25, -0.2) is 0 Å². The molecular formula is C14H15Cl2NO3. The van der Waals surface area contributed by atoms with E-state index in [0.29, 0.717) is 21.7 Å². The number of carbonyl (C=O) groups excluding carboxylic acids is 2. The van der Waals surface area contributed by atoms with E-state index in [2.05, 4.69) is 5.32 Å². The van der Waals surface area contributed by atoms with Crippen molar-refractivity contribution >= 4 is 40.8 Å². The minimum absolute atomic E-state index is 0.0694. The Morgan fingerprint density at radius 3 is 2.65 bits per heavy atom. The summed E-state index contributed by atoms with van der Waals surface area (Å²) >= 11 is 11.8. The molecule has 1 N–H and O–H groups in total. The van der Waals surface area contributed by atoms with Gasteiger partial charge in [0, 0.05) is 5.02 Å². The highest BCUT2D eigenvalue weighted by Crippen LogP contribution is 2.38. The van der Waals surface area contributed by atoms with Crippen LogP contribution in [0.15, 0.2) is 18.2 Å². The van der Waals surface area contributed by atoms with Gasteiger partial charge in [0.2, 0.25) is 0 Å². The molecule has 6 heteroatoms. The van der Waals surface area contributed by atoms with Crippen LogP contribution in [-0.4, -0.2) is 18.0 Å². The molecule has 1 amide bonds. The van der Waals surface area contributed by atoms with E-state index in [4.69, 9.17) is 27.9 Å². The predicted octanol–water partition coefficient (Wildman–Crippen LogP) is 3.52. The van der Waals surface area contributed by atoms with Crippen molar-refractivity contribution in [1.29, 1.82) is 0 Å². The van der Waals surface area contributed by atoms with Crippen LogP contribution in [0, 0.1) is 11.8 Å². The molecule has 0 aliphatic heterocycles. The fraction of sp³-hybridized carbons (Fsp3) is 0.429. The van der Waals surface area contributed by atoms with Gasteiger partial charge in [-0.2, -0.15) is 0 Å². The lowest BCUT2D eigenvalue weighted by molar-refractivity contribution is -0.154. The first-order valence-electron chi connectivity index (χ1n) is 6.35. The first-order valence-corrected chi connectivity index (χ1v) is 7.10. The fourth-order valence-corrected chi connectivity index (χ4v) is 2.13. The molecule has 1 aromatic rings. The molecule has 0 radical (unpaired) electrons. The summed E-state index contributed by atoms with van der Waals surface area (Å²) in [7, 11) is 0. The molecule has 4 nitrogen and oxygen atoms in total. The van der Waals surface area contributed by atoms with Crippen molar-refractivity contribution in [2.45, 2.75) is 26.4 Å². The van der Waals surface area contributed by atoms with Crippen LogP contribution in [0.5, 0.6) is 0 Å². The minimum Gasteiger partial charge on any atom is -0.452 e. The summed E-state index contributed by atoms with van der Waals surface area (Å²) in [5.74, 6) is -0.478. The number of esters is 1. The highest BCUT2D eigenvalue weighted by Gasteiger charge is 2.41. The molecule has 0 saturated heterocycles. The van der Waals surface area contributed by atoms with Crippen LogP contribution in [0.2, 0.25) is 10.0 Å². The number of amides is 1. The molecule has 1 aromatic carbocycles. The van der Waals surface area contributed by atoms with Crippen LogP contribution >= 0.6 is 23.2 Å². The topological polar surface area (TPSA) is 55.4 Å². The van der Waals surface area contributed by atoms with Gasteiger partial charge in [0.25, 0.3) is 5.91 Å². The Morgan fingerprint density at radius 1 is 1.40 bits per heavy atom. The van der Waals surface area contributed by atoms with E-state index in [0.717, 1.165) is 6.42 Å². The van der Waals surface area contributed by atoms with Crippen molar-refractivity contribution < 1.29 is 14.3 Å². The van der Waals surface area contributed by atoms with Gasteiger partial charge in [0.05, 0.1) is 16.6 Å². The maximum atomic E-state index is 11.9. The molecule has 1 aliphatic carbocycles. The number of nitrogens with one attached hydrogen (secondary N) is 1. The lowest BCUT2D eigenvalue weighted by Gasteiger charge is -2.14. The molecule has 1 saturated carbocycles. The van der Waals surface area contributed by atoms with Crippen molar-refractivity contribution in [1.82, 2.24) is 0 Å². The Balaban J connectivity index is 1.93. The van der Waals surface area contributed by atoms with Gasteiger partial charge in [0.15, 0.2) is 6.10 Å². The van der Waals surface area contributed by atoms with Gasteiger partial charge in [0.1, 0.15) is 0 Å². The summed E-state index contributed by atoms with van der Waals surface area (Å²) in [5.41, 5.74) is 0.395. The van der Waals surface area contributed by atoms with Gasteiger partial charge in [-0.1, -0.05) is 30.1 Å². The molecule has 1 fully saturated rings. The Morgan fingerprint density at radius 2 is 2.05 bits per heavy atom. The number of hydrogen-bond donors (Lipinski definition) is 1. The standard InChI is InChI=1S/C14H15Cl2NO3/c1-7-5-10(7)14(19)20-8(2)13(18)17-12-6-9(15)3-4-11(12)16/h3-4,6-8,10H,5H2,1-2H3,(H,17,18)/t7-,8+,10-/m1/s1. The number of halogens is 2. The van der Waals surface area contributed by atoms with Crippen LogP contribution in [0.4, 0.5) is 5.69 Å². The molecule has 3 atom stereocenters. The molecule has 20 heavy (non-hydrogen) atoms. The van der Waals surface area contributed by atoms with Gasteiger partial charge in [-0.3, -0.25) is 9.59 Å². The van der Waals surface area contributed by atoms with Crippen LogP contribution in [-0.2, 0) is 14.3 Å². The molecule has 2 rings (SSSR count). The Bertz CT molecular complexity index is 547.